The summed E-state index contributed by atoms with van der Waals surface area (Å²) in [5.41, 5.74) is -0.688. The summed E-state index contributed by atoms with van der Waals surface area (Å²) in [6, 6.07) is 0. The third kappa shape index (κ3) is 6.36. The van der Waals surface area contributed by atoms with E-state index in [0.717, 1.165) is 12.8 Å². The minimum atomic E-state index is -0.688. The number of hydrogen-bond acceptors (Lipinski definition) is 4. The highest BCUT2D eigenvalue weighted by Gasteiger charge is 2.31. The Morgan fingerprint density at radius 2 is 1.24 bits per heavy atom. The predicted molar refractivity (Wildman–Crippen MR) is 68.0 cm³/mol. The lowest BCUT2D eigenvalue weighted by atomic mass is 9.92. The average Bonchev–Trinajstić information content (AvgIpc) is 2.38. The summed E-state index contributed by atoms with van der Waals surface area (Å²) in [5, 5.41) is 18.9. The summed E-state index contributed by atoms with van der Waals surface area (Å²) in [7, 11) is 0. The lowest BCUT2D eigenvalue weighted by Crippen LogP contribution is -2.41. The standard InChI is InChI=1S/C13H28O4/c1-5-11(3)16-9-13(7-14,8-15)10-17-12(4)6-2/h11-12,14-15H,5-10H2,1-4H3. The highest BCUT2D eigenvalue weighted by molar-refractivity contribution is 4.78. The van der Waals surface area contributed by atoms with Gasteiger partial charge in [0.1, 0.15) is 0 Å². The molecule has 0 aromatic rings. The highest BCUT2D eigenvalue weighted by atomic mass is 16.5. The molecule has 2 N–H and O–H groups in total. The third-order valence-corrected chi connectivity index (χ3v) is 3.17. The fourth-order valence-corrected chi connectivity index (χ4v) is 1.15. The first-order valence-corrected chi connectivity index (χ1v) is 6.48. The van der Waals surface area contributed by atoms with Crippen LogP contribution in [-0.4, -0.2) is 48.8 Å². The molecular formula is C13H28O4. The lowest BCUT2D eigenvalue weighted by Gasteiger charge is -2.31. The summed E-state index contributed by atoms with van der Waals surface area (Å²) >= 11 is 0. The van der Waals surface area contributed by atoms with Crippen molar-refractivity contribution in [3.8, 4) is 0 Å². The van der Waals surface area contributed by atoms with Gasteiger partial charge >= 0.3 is 0 Å². The zero-order valence-electron chi connectivity index (χ0n) is 11.6. The van der Waals surface area contributed by atoms with Gasteiger partial charge in [0.25, 0.3) is 0 Å². The Bertz CT molecular complexity index is 164. The molecule has 0 saturated carbocycles. The maximum absolute atomic E-state index is 9.43. The van der Waals surface area contributed by atoms with Crippen LogP contribution in [0.4, 0.5) is 0 Å². The Balaban J connectivity index is 4.24. The molecule has 0 radical (unpaired) electrons. The average molecular weight is 248 g/mol. The van der Waals surface area contributed by atoms with Gasteiger partial charge in [-0.1, -0.05) is 13.8 Å². The van der Waals surface area contributed by atoms with Gasteiger partial charge in [-0.2, -0.15) is 0 Å². The summed E-state index contributed by atoms with van der Waals surface area (Å²) in [6.45, 7) is 8.44. The number of aliphatic hydroxyl groups is 2. The van der Waals surface area contributed by atoms with E-state index < -0.39 is 5.41 Å². The van der Waals surface area contributed by atoms with E-state index in [2.05, 4.69) is 0 Å². The van der Waals surface area contributed by atoms with E-state index in [1.807, 2.05) is 27.7 Å². The van der Waals surface area contributed by atoms with Crippen molar-refractivity contribution in [2.24, 2.45) is 5.41 Å². The molecule has 17 heavy (non-hydrogen) atoms. The summed E-state index contributed by atoms with van der Waals surface area (Å²) in [4.78, 5) is 0. The first kappa shape index (κ1) is 16.8. The number of ether oxygens (including phenoxy) is 2. The van der Waals surface area contributed by atoms with Crippen LogP contribution in [0, 0.1) is 5.41 Å². The number of aliphatic hydroxyl groups excluding tert-OH is 2. The van der Waals surface area contributed by atoms with Crippen LogP contribution in [-0.2, 0) is 9.47 Å². The Morgan fingerprint density at radius 3 is 1.47 bits per heavy atom. The molecule has 0 amide bonds. The predicted octanol–water partition coefficient (Wildman–Crippen LogP) is 1.59. The number of hydrogen-bond donors (Lipinski definition) is 2. The Hall–Kier alpha value is -0.160. The van der Waals surface area contributed by atoms with Gasteiger partial charge in [0.05, 0.1) is 44.1 Å². The zero-order valence-corrected chi connectivity index (χ0v) is 11.6. The van der Waals surface area contributed by atoms with E-state index in [4.69, 9.17) is 9.47 Å². The van der Waals surface area contributed by atoms with E-state index in [0.29, 0.717) is 13.2 Å². The van der Waals surface area contributed by atoms with Crippen molar-refractivity contribution < 1.29 is 19.7 Å². The van der Waals surface area contributed by atoms with Gasteiger partial charge in [0.15, 0.2) is 0 Å². The molecule has 0 aromatic heterocycles. The molecule has 0 saturated heterocycles. The normalized spacial score (nSPS) is 15.9. The molecule has 4 heteroatoms. The van der Waals surface area contributed by atoms with Crippen molar-refractivity contribution in [2.75, 3.05) is 26.4 Å². The van der Waals surface area contributed by atoms with E-state index in [1.54, 1.807) is 0 Å². The first-order valence-electron chi connectivity index (χ1n) is 6.48. The quantitative estimate of drug-likeness (QED) is 0.616. The van der Waals surface area contributed by atoms with Gasteiger partial charge in [-0.05, 0) is 26.7 Å². The van der Waals surface area contributed by atoms with Crippen molar-refractivity contribution >= 4 is 0 Å². The molecule has 0 aromatic carbocycles. The van der Waals surface area contributed by atoms with Crippen LogP contribution in [0.15, 0.2) is 0 Å². The van der Waals surface area contributed by atoms with Crippen LogP contribution >= 0.6 is 0 Å². The molecule has 0 aliphatic rings. The van der Waals surface area contributed by atoms with Gasteiger partial charge in [0, 0.05) is 0 Å². The second kappa shape index (κ2) is 8.86. The van der Waals surface area contributed by atoms with Crippen molar-refractivity contribution in [3.05, 3.63) is 0 Å². The summed E-state index contributed by atoms with van der Waals surface area (Å²) in [6.07, 6.45) is 2.10. The molecule has 0 fully saturated rings. The molecular weight excluding hydrogens is 220 g/mol. The summed E-state index contributed by atoms with van der Waals surface area (Å²) < 4.78 is 11.2. The molecule has 0 heterocycles. The lowest BCUT2D eigenvalue weighted by molar-refractivity contribution is -0.104. The number of rotatable bonds is 10. The van der Waals surface area contributed by atoms with E-state index in [1.165, 1.54) is 0 Å². The van der Waals surface area contributed by atoms with Crippen molar-refractivity contribution in [2.45, 2.75) is 52.7 Å². The van der Waals surface area contributed by atoms with E-state index in [-0.39, 0.29) is 25.4 Å². The smallest absolute Gasteiger partial charge is 0.0632 e. The Kier molecular flexibility index (Phi) is 8.78. The summed E-state index contributed by atoms with van der Waals surface area (Å²) in [5.74, 6) is 0. The SMILES string of the molecule is CCC(C)OCC(CO)(CO)COC(C)CC. The van der Waals surface area contributed by atoms with Crippen LogP contribution in [0.2, 0.25) is 0 Å². The fraction of sp³-hybridized carbons (Fsp3) is 1.00. The molecule has 0 spiro atoms. The van der Waals surface area contributed by atoms with Gasteiger partial charge in [0.2, 0.25) is 0 Å². The minimum absolute atomic E-state index is 0.129. The molecule has 104 valence electrons. The first-order chi connectivity index (χ1) is 8.03. The second-order valence-corrected chi connectivity index (χ2v) is 4.88. The molecule has 4 nitrogen and oxygen atoms in total. The Morgan fingerprint density at radius 1 is 0.882 bits per heavy atom. The van der Waals surface area contributed by atoms with Gasteiger partial charge in [-0.3, -0.25) is 0 Å². The van der Waals surface area contributed by atoms with Crippen LogP contribution in [0.3, 0.4) is 0 Å². The monoisotopic (exact) mass is 248 g/mol. The van der Waals surface area contributed by atoms with Crippen molar-refractivity contribution in [3.63, 3.8) is 0 Å². The van der Waals surface area contributed by atoms with Crippen LogP contribution in [0.25, 0.3) is 0 Å². The van der Waals surface area contributed by atoms with Crippen LogP contribution in [0.5, 0.6) is 0 Å². The van der Waals surface area contributed by atoms with E-state index in [9.17, 15) is 10.2 Å². The van der Waals surface area contributed by atoms with Gasteiger partial charge < -0.3 is 19.7 Å². The highest BCUT2D eigenvalue weighted by Crippen LogP contribution is 2.19. The van der Waals surface area contributed by atoms with Crippen molar-refractivity contribution in [1.29, 1.82) is 0 Å². The van der Waals surface area contributed by atoms with Crippen LogP contribution in [0.1, 0.15) is 40.5 Å². The van der Waals surface area contributed by atoms with E-state index >= 15 is 0 Å². The molecule has 2 atom stereocenters. The van der Waals surface area contributed by atoms with Gasteiger partial charge in [-0.15, -0.1) is 0 Å². The zero-order chi connectivity index (χ0) is 13.3. The molecule has 0 aliphatic carbocycles. The molecule has 0 aliphatic heterocycles. The molecule has 0 rings (SSSR count). The maximum Gasteiger partial charge on any atom is 0.0632 e. The largest absolute Gasteiger partial charge is 0.396 e. The molecule has 2 unspecified atom stereocenters. The minimum Gasteiger partial charge on any atom is -0.396 e. The third-order valence-electron chi connectivity index (χ3n) is 3.17. The maximum atomic E-state index is 9.43. The fourth-order valence-electron chi connectivity index (χ4n) is 1.15. The second-order valence-electron chi connectivity index (χ2n) is 4.88. The van der Waals surface area contributed by atoms with Crippen molar-refractivity contribution in [1.82, 2.24) is 0 Å². The van der Waals surface area contributed by atoms with Gasteiger partial charge in [-0.25, -0.2) is 0 Å². The Labute approximate surface area is 105 Å². The van der Waals surface area contributed by atoms with Crippen LogP contribution < -0.4 is 0 Å². The molecule has 0 bridgehead atoms. The topological polar surface area (TPSA) is 58.9 Å².